The topological polar surface area (TPSA) is 65.0 Å². The number of aliphatic imine (C=N–C) groups is 1. The van der Waals surface area contributed by atoms with E-state index in [1.165, 1.54) is 0 Å². The van der Waals surface area contributed by atoms with Crippen molar-refractivity contribution in [1.29, 1.82) is 0 Å². The van der Waals surface area contributed by atoms with Crippen LogP contribution in [-0.4, -0.2) is 41.5 Å². The van der Waals surface area contributed by atoms with Gasteiger partial charge in [0.2, 0.25) is 0 Å². The maximum atomic E-state index is 12.3. The third kappa shape index (κ3) is 8.39. The summed E-state index contributed by atoms with van der Waals surface area (Å²) >= 11 is 1.59. The van der Waals surface area contributed by atoms with Gasteiger partial charge >= 0.3 is 12.1 Å². The van der Waals surface area contributed by atoms with Crippen LogP contribution in [-0.2, 0) is 14.3 Å². The van der Waals surface area contributed by atoms with Crippen molar-refractivity contribution in [3.63, 3.8) is 0 Å². The SMILES string of the molecule is CSCC/C(=N/C(=O)OC(C)(C)C)C(=O)OC1CCC(C)CC1. The van der Waals surface area contributed by atoms with Crippen LogP contribution in [0.2, 0.25) is 0 Å². The zero-order valence-corrected chi connectivity index (χ0v) is 15.7. The summed E-state index contributed by atoms with van der Waals surface area (Å²) in [5, 5.41) is 0. The Kier molecular flexibility index (Phi) is 8.09. The highest BCUT2D eigenvalue weighted by molar-refractivity contribution is 7.98. The molecule has 5 nitrogen and oxygen atoms in total. The molecule has 6 heteroatoms. The quantitative estimate of drug-likeness (QED) is 0.552. The van der Waals surface area contributed by atoms with Crippen molar-refractivity contribution in [2.45, 2.75) is 71.5 Å². The second kappa shape index (κ2) is 9.30. The van der Waals surface area contributed by atoms with Crippen LogP contribution in [0.3, 0.4) is 0 Å². The number of thioether (sulfide) groups is 1. The number of rotatable bonds is 5. The zero-order chi connectivity index (χ0) is 17.5. The summed E-state index contributed by atoms with van der Waals surface area (Å²) < 4.78 is 10.7. The maximum Gasteiger partial charge on any atom is 0.434 e. The molecule has 132 valence electrons. The minimum absolute atomic E-state index is 0.0585. The predicted octanol–water partition coefficient (Wildman–Crippen LogP) is 4.24. The first-order valence-electron chi connectivity index (χ1n) is 8.21. The Morgan fingerprint density at radius 2 is 1.78 bits per heavy atom. The lowest BCUT2D eigenvalue weighted by atomic mass is 9.89. The fourth-order valence-corrected chi connectivity index (χ4v) is 2.76. The van der Waals surface area contributed by atoms with Crippen molar-refractivity contribution in [3.8, 4) is 0 Å². The summed E-state index contributed by atoms with van der Waals surface area (Å²) in [5.74, 6) is 0.916. The van der Waals surface area contributed by atoms with Crippen LogP contribution in [0.4, 0.5) is 4.79 Å². The van der Waals surface area contributed by atoms with Gasteiger partial charge in [-0.3, -0.25) is 0 Å². The Morgan fingerprint density at radius 1 is 1.17 bits per heavy atom. The first-order chi connectivity index (χ1) is 10.7. The van der Waals surface area contributed by atoms with E-state index < -0.39 is 17.7 Å². The van der Waals surface area contributed by atoms with Gasteiger partial charge < -0.3 is 9.47 Å². The normalized spacial score (nSPS) is 22.6. The van der Waals surface area contributed by atoms with Gasteiger partial charge in [-0.2, -0.15) is 16.8 Å². The molecule has 1 fully saturated rings. The van der Waals surface area contributed by atoms with E-state index in [2.05, 4.69) is 11.9 Å². The molecule has 0 saturated heterocycles. The van der Waals surface area contributed by atoms with Gasteiger partial charge in [-0.1, -0.05) is 6.92 Å². The van der Waals surface area contributed by atoms with Crippen molar-refractivity contribution >= 4 is 29.5 Å². The van der Waals surface area contributed by atoms with Gasteiger partial charge in [0, 0.05) is 6.42 Å². The summed E-state index contributed by atoms with van der Waals surface area (Å²) in [6.07, 6.45) is 5.47. The Balaban J connectivity index is 2.68. The summed E-state index contributed by atoms with van der Waals surface area (Å²) in [5.41, 5.74) is -0.471. The van der Waals surface area contributed by atoms with Crippen LogP contribution in [0.15, 0.2) is 4.99 Å². The third-order valence-corrected chi connectivity index (χ3v) is 4.25. The van der Waals surface area contributed by atoms with Gasteiger partial charge in [0.05, 0.1) is 0 Å². The lowest BCUT2D eigenvalue weighted by molar-refractivity contribution is -0.142. The number of hydrogen-bond donors (Lipinski definition) is 0. The smallest absolute Gasteiger partial charge is 0.434 e. The van der Waals surface area contributed by atoms with Crippen molar-refractivity contribution in [2.24, 2.45) is 10.9 Å². The summed E-state index contributed by atoms with van der Waals surface area (Å²) in [4.78, 5) is 28.0. The molecule has 0 aliphatic heterocycles. The van der Waals surface area contributed by atoms with E-state index in [0.717, 1.165) is 25.7 Å². The van der Waals surface area contributed by atoms with Crippen LogP contribution in [0.1, 0.15) is 59.8 Å². The highest BCUT2D eigenvalue weighted by Crippen LogP contribution is 2.25. The molecule has 1 aliphatic carbocycles. The molecule has 1 rings (SSSR count). The molecule has 0 radical (unpaired) electrons. The molecule has 23 heavy (non-hydrogen) atoms. The van der Waals surface area contributed by atoms with E-state index >= 15 is 0 Å². The molecular formula is C17H29NO4S. The number of amides is 1. The van der Waals surface area contributed by atoms with Crippen LogP contribution in [0.25, 0.3) is 0 Å². The Labute approximate surface area is 143 Å². The Hall–Kier alpha value is -1.04. The summed E-state index contributed by atoms with van der Waals surface area (Å²) in [6, 6.07) is 0. The zero-order valence-electron chi connectivity index (χ0n) is 14.9. The van der Waals surface area contributed by atoms with Crippen molar-refractivity contribution < 1.29 is 19.1 Å². The predicted molar refractivity (Wildman–Crippen MR) is 94.2 cm³/mol. The lowest BCUT2D eigenvalue weighted by Crippen LogP contribution is -2.29. The molecule has 1 aliphatic rings. The molecule has 0 aromatic rings. The molecule has 0 atom stereocenters. The van der Waals surface area contributed by atoms with Gasteiger partial charge in [0.25, 0.3) is 0 Å². The van der Waals surface area contributed by atoms with E-state index in [0.29, 0.717) is 18.1 Å². The highest BCUT2D eigenvalue weighted by atomic mass is 32.2. The Morgan fingerprint density at radius 3 is 2.30 bits per heavy atom. The fourth-order valence-electron chi connectivity index (χ4n) is 2.36. The second-order valence-electron chi connectivity index (χ2n) is 7.07. The van der Waals surface area contributed by atoms with Crippen molar-refractivity contribution in [2.75, 3.05) is 12.0 Å². The van der Waals surface area contributed by atoms with Crippen LogP contribution in [0.5, 0.6) is 0 Å². The lowest BCUT2D eigenvalue weighted by Gasteiger charge is -2.26. The van der Waals surface area contributed by atoms with E-state index in [1.807, 2.05) is 6.26 Å². The van der Waals surface area contributed by atoms with Crippen LogP contribution >= 0.6 is 11.8 Å². The molecule has 0 aromatic heterocycles. The molecule has 0 unspecified atom stereocenters. The molecule has 0 aromatic carbocycles. The van der Waals surface area contributed by atoms with E-state index in [-0.39, 0.29) is 11.8 Å². The van der Waals surface area contributed by atoms with E-state index in [4.69, 9.17) is 9.47 Å². The average Bonchev–Trinajstić information content (AvgIpc) is 2.43. The second-order valence-corrected chi connectivity index (χ2v) is 8.05. The molecule has 0 heterocycles. The first-order valence-corrected chi connectivity index (χ1v) is 9.61. The van der Waals surface area contributed by atoms with Crippen LogP contribution in [0, 0.1) is 5.92 Å². The number of hydrogen-bond acceptors (Lipinski definition) is 5. The molecule has 0 spiro atoms. The summed E-state index contributed by atoms with van der Waals surface area (Å²) in [7, 11) is 0. The van der Waals surface area contributed by atoms with Gasteiger partial charge in [0.1, 0.15) is 17.4 Å². The molecule has 1 saturated carbocycles. The molecular weight excluding hydrogens is 314 g/mol. The highest BCUT2D eigenvalue weighted by Gasteiger charge is 2.25. The average molecular weight is 343 g/mol. The number of nitrogens with zero attached hydrogens (tertiary/aromatic N) is 1. The van der Waals surface area contributed by atoms with Crippen LogP contribution < -0.4 is 0 Å². The molecule has 0 bridgehead atoms. The monoisotopic (exact) mass is 343 g/mol. The van der Waals surface area contributed by atoms with Gasteiger partial charge in [-0.05, 0) is 64.4 Å². The van der Waals surface area contributed by atoms with Gasteiger partial charge in [-0.15, -0.1) is 0 Å². The third-order valence-electron chi connectivity index (χ3n) is 3.63. The fraction of sp³-hybridized carbons (Fsp3) is 0.824. The maximum absolute atomic E-state index is 12.3. The number of carbonyl (C=O) groups is 2. The van der Waals surface area contributed by atoms with Gasteiger partial charge in [-0.25, -0.2) is 9.59 Å². The minimum Gasteiger partial charge on any atom is -0.458 e. The number of esters is 1. The standard InChI is InChI=1S/C17H29NO4S/c1-12-6-8-13(9-7-12)21-15(19)14(10-11-23-5)18-16(20)22-17(2,3)4/h12-13H,6-11H2,1-5H3/b18-14-. The van der Waals surface area contributed by atoms with E-state index in [1.54, 1.807) is 32.5 Å². The van der Waals surface area contributed by atoms with Gasteiger partial charge in [0.15, 0.2) is 0 Å². The van der Waals surface area contributed by atoms with E-state index in [9.17, 15) is 9.59 Å². The molecule has 0 N–H and O–H groups in total. The van der Waals surface area contributed by atoms with Crippen molar-refractivity contribution in [1.82, 2.24) is 0 Å². The largest absolute Gasteiger partial charge is 0.458 e. The number of ether oxygens (including phenoxy) is 2. The first kappa shape index (κ1) is 20.0. The van der Waals surface area contributed by atoms with Crippen molar-refractivity contribution in [3.05, 3.63) is 0 Å². The minimum atomic E-state index is -0.734. The summed E-state index contributed by atoms with van der Waals surface area (Å²) in [6.45, 7) is 7.52. The Bertz CT molecular complexity index is 434. The number of carbonyl (C=O) groups excluding carboxylic acids is 2. The molecule has 1 amide bonds.